The molecule has 1 aromatic heterocycles. The highest BCUT2D eigenvalue weighted by molar-refractivity contribution is 5.83. The Balaban J connectivity index is 1.70. The molecule has 24 heavy (non-hydrogen) atoms. The summed E-state index contributed by atoms with van der Waals surface area (Å²) in [6, 6.07) is 7.92. The van der Waals surface area contributed by atoms with Gasteiger partial charge in [0.2, 0.25) is 0 Å². The number of rotatable bonds is 5. The van der Waals surface area contributed by atoms with Crippen LogP contribution in [0.5, 0.6) is 0 Å². The highest BCUT2D eigenvalue weighted by atomic mass is 16.7. The fraction of sp³-hybridized carbons (Fsp3) is 0.389. The van der Waals surface area contributed by atoms with Gasteiger partial charge in [-0.25, -0.2) is 4.79 Å². The molecule has 1 atom stereocenters. The summed E-state index contributed by atoms with van der Waals surface area (Å²) < 4.78 is 10.0. The van der Waals surface area contributed by atoms with E-state index in [0.717, 1.165) is 11.9 Å². The average Bonchev–Trinajstić information content (AvgIpc) is 2.99. The summed E-state index contributed by atoms with van der Waals surface area (Å²) in [6.45, 7) is 2.60. The van der Waals surface area contributed by atoms with Crippen LogP contribution in [0.4, 0.5) is 4.79 Å². The zero-order valence-corrected chi connectivity index (χ0v) is 13.7. The van der Waals surface area contributed by atoms with Crippen LogP contribution in [0, 0.1) is 0 Å². The quantitative estimate of drug-likeness (QED) is 0.732. The Labute approximate surface area is 140 Å². The van der Waals surface area contributed by atoms with E-state index in [1.807, 2.05) is 24.4 Å². The largest absolute Gasteiger partial charge is 0.513 e. The van der Waals surface area contributed by atoms with E-state index in [1.54, 1.807) is 6.92 Å². The Morgan fingerprint density at radius 2 is 2.21 bits per heavy atom. The molecule has 0 spiro atoms. The fourth-order valence-corrected chi connectivity index (χ4v) is 3.02. The van der Waals surface area contributed by atoms with Crippen molar-refractivity contribution in [2.45, 2.75) is 32.2 Å². The molecule has 1 unspecified atom stereocenters. The van der Waals surface area contributed by atoms with Crippen molar-refractivity contribution in [1.82, 2.24) is 10.3 Å². The number of para-hydroxylation sites is 1. The summed E-state index contributed by atoms with van der Waals surface area (Å²) in [5, 5.41) is 14.6. The van der Waals surface area contributed by atoms with Gasteiger partial charge < -0.3 is 24.9 Å². The van der Waals surface area contributed by atoms with E-state index in [-0.39, 0.29) is 24.2 Å². The summed E-state index contributed by atoms with van der Waals surface area (Å²) in [5.41, 5.74) is 2.30. The second-order valence-electron chi connectivity index (χ2n) is 5.75. The van der Waals surface area contributed by atoms with Gasteiger partial charge in [-0.3, -0.25) is 0 Å². The smallest absolute Gasteiger partial charge is 0.509 e. The minimum Gasteiger partial charge on any atom is -0.509 e. The monoisotopic (exact) mass is 330 g/mol. The molecule has 1 aliphatic rings. The van der Waals surface area contributed by atoms with Gasteiger partial charge in [-0.2, -0.15) is 0 Å². The van der Waals surface area contributed by atoms with Gasteiger partial charge in [0, 0.05) is 30.1 Å². The Hall–Kier alpha value is -2.47. The number of aryl methyl sites for hydroxylation is 1. The molecular weight excluding hydrogens is 308 g/mol. The van der Waals surface area contributed by atoms with Gasteiger partial charge in [0.15, 0.2) is 5.76 Å². The molecule has 3 rings (SSSR count). The molecular formula is C18H22N2O4. The van der Waals surface area contributed by atoms with E-state index in [4.69, 9.17) is 9.47 Å². The second-order valence-corrected chi connectivity index (χ2v) is 5.75. The number of hydrogen-bond acceptors (Lipinski definition) is 5. The summed E-state index contributed by atoms with van der Waals surface area (Å²) in [5.74, 6) is 0.394. The molecule has 0 amide bonds. The van der Waals surface area contributed by atoms with E-state index in [9.17, 15) is 9.90 Å². The molecule has 3 N–H and O–H groups in total. The lowest BCUT2D eigenvalue weighted by Crippen LogP contribution is -2.38. The molecule has 1 aliphatic heterocycles. The van der Waals surface area contributed by atoms with Crippen LogP contribution in [0.2, 0.25) is 0 Å². The maximum atomic E-state index is 11.6. The van der Waals surface area contributed by atoms with Crippen molar-refractivity contribution in [2.24, 2.45) is 0 Å². The lowest BCUT2D eigenvalue weighted by molar-refractivity contribution is 0.0689. The number of carbonyl (C=O) groups excluding carboxylic acids is 1. The van der Waals surface area contributed by atoms with Gasteiger partial charge in [0.05, 0.1) is 12.6 Å². The number of benzene rings is 1. The molecule has 1 aromatic carbocycles. The minimum absolute atomic E-state index is 0.116. The van der Waals surface area contributed by atoms with Crippen molar-refractivity contribution in [3.63, 3.8) is 0 Å². The second kappa shape index (κ2) is 7.40. The third kappa shape index (κ3) is 3.54. The van der Waals surface area contributed by atoms with Crippen LogP contribution in [0.25, 0.3) is 10.9 Å². The summed E-state index contributed by atoms with van der Waals surface area (Å²) >= 11 is 0. The lowest BCUT2D eigenvalue weighted by Gasteiger charge is -2.26. The van der Waals surface area contributed by atoms with Crippen LogP contribution in [0.1, 0.15) is 25.3 Å². The van der Waals surface area contributed by atoms with Crippen LogP contribution in [-0.2, 0) is 15.9 Å². The van der Waals surface area contributed by atoms with Crippen molar-refractivity contribution in [3.8, 4) is 0 Å². The zero-order valence-electron chi connectivity index (χ0n) is 13.7. The van der Waals surface area contributed by atoms with E-state index < -0.39 is 6.16 Å². The van der Waals surface area contributed by atoms with Gasteiger partial charge in [-0.15, -0.1) is 0 Å². The summed E-state index contributed by atoms with van der Waals surface area (Å²) in [4.78, 5) is 14.8. The number of nitrogens with one attached hydrogen (secondary N) is 2. The Morgan fingerprint density at radius 3 is 3.04 bits per heavy atom. The molecule has 6 nitrogen and oxygen atoms in total. The first-order chi connectivity index (χ1) is 11.7. The number of aromatic amines is 1. The van der Waals surface area contributed by atoms with E-state index >= 15 is 0 Å². The van der Waals surface area contributed by atoms with Gasteiger partial charge in [0.25, 0.3) is 0 Å². The van der Waals surface area contributed by atoms with Crippen molar-refractivity contribution in [2.75, 3.05) is 13.2 Å². The number of fused-ring (bicyclic) bond motifs is 1. The van der Waals surface area contributed by atoms with Crippen LogP contribution in [0.15, 0.2) is 42.0 Å². The first-order valence-electron chi connectivity index (χ1n) is 8.24. The molecule has 0 aliphatic carbocycles. The van der Waals surface area contributed by atoms with Crippen molar-refractivity contribution < 1.29 is 19.4 Å². The average molecular weight is 330 g/mol. The maximum Gasteiger partial charge on any atom is 0.513 e. The molecule has 128 valence electrons. The number of aliphatic hydroxyl groups excluding tert-OH is 1. The molecule has 2 aromatic rings. The fourth-order valence-electron chi connectivity index (χ4n) is 3.02. The Bertz CT molecular complexity index is 750. The predicted octanol–water partition coefficient (Wildman–Crippen LogP) is 3.41. The van der Waals surface area contributed by atoms with Crippen LogP contribution >= 0.6 is 0 Å². The molecule has 6 heteroatoms. The van der Waals surface area contributed by atoms with Gasteiger partial charge in [0.1, 0.15) is 5.76 Å². The normalized spacial score (nSPS) is 18.0. The van der Waals surface area contributed by atoms with Crippen molar-refractivity contribution in [3.05, 3.63) is 47.5 Å². The van der Waals surface area contributed by atoms with Crippen LogP contribution in [0.3, 0.4) is 0 Å². The number of H-pyrrole nitrogens is 1. The van der Waals surface area contributed by atoms with Gasteiger partial charge in [-0.05, 0) is 31.4 Å². The van der Waals surface area contributed by atoms with Crippen LogP contribution < -0.4 is 5.32 Å². The first kappa shape index (κ1) is 16.4. The molecule has 2 heterocycles. The molecule has 0 fully saturated rings. The summed E-state index contributed by atoms with van der Waals surface area (Å²) in [7, 11) is 0. The SMILES string of the molecule is CCOC(=O)OC1=C(O)CCNC1CCc1c[nH]c2ccccc12. The number of hydrogen-bond donors (Lipinski definition) is 3. The van der Waals surface area contributed by atoms with E-state index in [2.05, 4.69) is 16.4 Å². The van der Waals surface area contributed by atoms with Crippen molar-refractivity contribution in [1.29, 1.82) is 0 Å². The van der Waals surface area contributed by atoms with Gasteiger partial charge >= 0.3 is 6.16 Å². The summed E-state index contributed by atoms with van der Waals surface area (Å²) in [6.07, 6.45) is 3.17. The molecule has 0 radical (unpaired) electrons. The Morgan fingerprint density at radius 1 is 1.38 bits per heavy atom. The highest BCUT2D eigenvalue weighted by Gasteiger charge is 2.27. The third-order valence-corrected chi connectivity index (χ3v) is 4.19. The predicted molar refractivity (Wildman–Crippen MR) is 90.8 cm³/mol. The zero-order chi connectivity index (χ0) is 16.9. The lowest BCUT2D eigenvalue weighted by atomic mass is 10.00. The van der Waals surface area contributed by atoms with E-state index in [0.29, 0.717) is 19.4 Å². The van der Waals surface area contributed by atoms with Crippen molar-refractivity contribution >= 4 is 17.1 Å². The van der Waals surface area contributed by atoms with Gasteiger partial charge in [-0.1, -0.05) is 18.2 Å². The highest BCUT2D eigenvalue weighted by Crippen LogP contribution is 2.24. The Kier molecular flexibility index (Phi) is 5.05. The minimum atomic E-state index is -0.778. The third-order valence-electron chi connectivity index (χ3n) is 4.19. The first-order valence-corrected chi connectivity index (χ1v) is 8.24. The standard InChI is InChI=1S/C18H22N2O4/c1-2-23-18(22)24-17-15(19-10-9-16(17)21)8-7-12-11-20-14-6-4-3-5-13(12)14/h3-6,11,15,19-21H,2,7-10H2,1H3. The van der Waals surface area contributed by atoms with E-state index in [1.165, 1.54) is 10.9 Å². The molecule has 0 saturated heterocycles. The number of aliphatic hydroxyl groups is 1. The number of aromatic nitrogens is 1. The molecule has 0 bridgehead atoms. The molecule has 0 saturated carbocycles. The number of carbonyl (C=O) groups is 1. The maximum absolute atomic E-state index is 11.6. The topological polar surface area (TPSA) is 83.6 Å². The number of ether oxygens (including phenoxy) is 2. The van der Waals surface area contributed by atoms with Crippen LogP contribution in [-0.4, -0.2) is 35.4 Å².